The highest BCUT2D eigenvalue weighted by Crippen LogP contribution is 2.17. The summed E-state index contributed by atoms with van der Waals surface area (Å²) in [5.41, 5.74) is 0.994. The first-order valence-electron chi connectivity index (χ1n) is 7.87. The van der Waals surface area contributed by atoms with E-state index in [-0.39, 0.29) is 41.6 Å². The Kier molecular flexibility index (Phi) is 11.9. The van der Waals surface area contributed by atoms with E-state index >= 15 is 0 Å². The number of guanidine groups is 1. The van der Waals surface area contributed by atoms with Crippen LogP contribution in [0.25, 0.3) is 0 Å². The minimum Gasteiger partial charge on any atom is -0.357 e. The normalized spacial score (nSPS) is 13.1. The maximum absolute atomic E-state index is 13.2. The molecular formula is C16H26BrFIN3O2S. The maximum atomic E-state index is 13.2. The summed E-state index contributed by atoms with van der Waals surface area (Å²) in [5.74, 6) is 0.515. The molecule has 1 unspecified atom stereocenters. The van der Waals surface area contributed by atoms with Gasteiger partial charge < -0.3 is 10.6 Å². The molecule has 0 aromatic heterocycles. The van der Waals surface area contributed by atoms with E-state index in [2.05, 4.69) is 31.6 Å². The second-order valence-corrected chi connectivity index (χ2v) is 8.84. The topological polar surface area (TPSA) is 70.6 Å². The van der Waals surface area contributed by atoms with Gasteiger partial charge in [-0.25, -0.2) is 12.8 Å². The van der Waals surface area contributed by atoms with Gasteiger partial charge in [-0.1, -0.05) is 6.07 Å². The van der Waals surface area contributed by atoms with Crippen molar-refractivity contribution in [3.05, 3.63) is 34.1 Å². The van der Waals surface area contributed by atoms with Gasteiger partial charge in [0.2, 0.25) is 0 Å². The molecule has 0 saturated carbocycles. The summed E-state index contributed by atoms with van der Waals surface area (Å²) in [4.78, 5) is 4.48. The minimum absolute atomic E-state index is 0. The van der Waals surface area contributed by atoms with Crippen LogP contribution in [0.5, 0.6) is 0 Å². The van der Waals surface area contributed by atoms with Crippen molar-refractivity contribution in [3.8, 4) is 0 Å². The van der Waals surface area contributed by atoms with Gasteiger partial charge >= 0.3 is 0 Å². The Balaban J connectivity index is 0.00000576. The predicted octanol–water partition coefficient (Wildman–Crippen LogP) is 3.13. The van der Waals surface area contributed by atoms with E-state index in [0.717, 1.165) is 5.56 Å². The number of benzene rings is 1. The third-order valence-electron chi connectivity index (χ3n) is 3.30. The fourth-order valence-electron chi connectivity index (χ4n) is 2.01. The fourth-order valence-corrected chi connectivity index (χ4v) is 3.22. The van der Waals surface area contributed by atoms with Crippen molar-refractivity contribution in [2.75, 3.05) is 25.1 Å². The quantitative estimate of drug-likeness (QED) is 0.297. The molecule has 144 valence electrons. The van der Waals surface area contributed by atoms with Crippen molar-refractivity contribution in [2.24, 2.45) is 4.99 Å². The van der Waals surface area contributed by atoms with E-state index in [1.807, 2.05) is 13.8 Å². The van der Waals surface area contributed by atoms with Gasteiger partial charge in [0, 0.05) is 25.4 Å². The maximum Gasteiger partial charge on any atom is 0.191 e. The lowest BCUT2D eigenvalue weighted by molar-refractivity contribution is 0.581. The van der Waals surface area contributed by atoms with Gasteiger partial charge in [0.15, 0.2) is 5.96 Å². The third kappa shape index (κ3) is 11.0. The Morgan fingerprint density at radius 2 is 2.08 bits per heavy atom. The second-order valence-electron chi connectivity index (χ2n) is 5.72. The van der Waals surface area contributed by atoms with Crippen LogP contribution in [-0.4, -0.2) is 45.5 Å². The molecule has 25 heavy (non-hydrogen) atoms. The number of sulfone groups is 1. The van der Waals surface area contributed by atoms with E-state index in [1.165, 1.54) is 12.3 Å². The molecule has 0 amide bonds. The zero-order chi connectivity index (χ0) is 18.2. The summed E-state index contributed by atoms with van der Waals surface area (Å²) in [5, 5.41) is 6.34. The molecule has 0 radical (unpaired) electrons. The van der Waals surface area contributed by atoms with Crippen LogP contribution in [0.1, 0.15) is 25.8 Å². The Morgan fingerprint density at radius 1 is 1.40 bits per heavy atom. The Hall–Kier alpha value is -0.420. The molecule has 9 heteroatoms. The zero-order valence-corrected chi connectivity index (χ0v) is 19.4. The number of nitrogens with one attached hydrogen (secondary N) is 2. The van der Waals surface area contributed by atoms with Crippen molar-refractivity contribution >= 4 is 55.7 Å². The molecule has 1 aromatic rings. The molecule has 0 saturated heterocycles. The van der Waals surface area contributed by atoms with Crippen LogP contribution in [0, 0.1) is 5.82 Å². The van der Waals surface area contributed by atoms with Gasteiger partial charge in [-0.05, 0) is 60.3 Å². The molecule has 1 atom stereocenters. The summed E-state index contributed by atoms with van der Waals surface area (Å²) in [6, 6.07) is 4.92. The SMILES string of the molecule is CCNC(=NCCc1ccc(F)c(Br)c1)NC(C)CCS(C)(=O)=O.I. The van der Waals surface area contributed by atoms with Gasteiger partial charge in [-0.3, -0.25) is 4.99 Å². The van der Waals surface area contributed by atoms with Crippen molar-refractivity contribution in [1.29, 1.82) is 0 Å². The molecule has 0 aliphatic rings. The lowest BCUT2D eigenvalue weighted by Crippen LogP contribution is -2.43. The summed E-state index contributed by atoms with van der Waals surface area (Å²) in [6.07, 6.45) is 2.45. The highest BCUT2D eigenvalue weighted by molar-refractivity contribution is 14.0. The first-order valence-corrected chi connectivity index (χ1v) is 10.7. The van der Waals surface area contributed by atoms with Crippen LogP contribution < -0.4 is 10.6 Å². The predicted molar refractivity (Wildman–Crippen MR) is 116 cm³/mol. The van der Waals surface area contributed by atoms with Crippen molar-refractivity contribution in [3.63, 3.8) is 0 Å². The molecule has 1 rings (SSSR count). The van der Waals surface area contributed by atoms with Gasteiger partial charge in [0.1, 0.15) is 15.7 Å². The molecule has 0 heterocycles. The average Bonchev–Trinajstić information content (AvgIpc) is 2.48. The second kappa shape index (κ2) is 12.1. The summed E-state index contributed by atoms with van der Waals surface area (Å²) in [6.45, 7) is 5.16. The number of hydrogen-bond donors (Lipinski definition) is 2. The van der Waals surface area contributed by atoms with Crippen molar-refractivity contribution in [2.45, 2.75) is 32.7 Å². The van der Waals surface area contributed by atoms with Gasteiger partial charge in [-0.2, -0.15) is 0 Å². The van der Waals surface area contributed by atoms with Crippen LogP contribution >= 0.6 is 39.9 Å². The van der Waals surface area contributed by atoms with Crippen LogP contribution in [0.3, 0.4) is 0 Å². The van der Waals surface area contributed by atoms with Crippen molar-refractivity contribution < 1.29 is 12.8 Å². The molecule has 2 N–H and O–H groups in total. The van der Waals surface area contributed by atoms with E-state index in [9.17, 15) is 12.8 Å². The fraction of sp³-hybridized carbons (Fsp3) is 0.562. The number of hydrogen-bond acceptors (Lipinski definition) is 3. The molecule has 0 fully saturated rings. The lowest BCUT2D eigenvalue weighted by Gasteiger charge is -2.17. The number of halogens is 3. The largest absolute Gasteiger partial charge is 0.357 e. The molecule has 0 bridgehead atoms. The first-order chi connectivity index (χ1) is 11.2. The minimum atomic E-state index is -2.96. The smallest absolute Gasteiger partial charge is 0.191 e. The molecule has 5 nitrogen and oxygen atoms in total. The standard InChI is InChI=1S/C16H25BrFN3O2S.HI/c1-4-19-16(21-12(2)8-10-24(3,22)23)20-9-7-13-5-6-15(18)14(17)11-13;/h5-6,11-12H,4,7-10H2,1-3H3,(H2,19,20,21);1H. The Morgan fingerprint density at radius 3 is 2.64 bits per heavy atom. The molecule has 1 aromatic carbocycles. The van der Waals surface area contributed by atoms with Gasteiger partial charge in [0.05, 0.1) is 10.2 Å². The lowest BCUT2D eigenvalue weighted by atomic mass is 10.1. The highest BCUT2D eigenvalue weighted by Gasteiger charge is 2.09. The summed E-state index contributed by atoms with van der Waals surface area (Å²) >= 11 is 3.17. The van der Waals surface area contributed by atoms with Crippen LogP contribution in [-0.2, 0) is 16.3 Å². The monoisotopic (exact) mass is 549 g/mol. The molecular weight excluding hydrogens is 524 g/mol. The van der Waals surface area contributed by atoms with Crippen LogP contribution in [0.2, 0.25) is 0 Å². The Bertz CT molecular complexity index is 671. The van der Waals surface area contributed by atoms with E-state index in [0.29, 0.717) is 36.4 Å². The highest BCUT2D eigenvalue weighted by atomic mass is 127. The molecule has 0 aliphatic heterocycles. The van der Waals surface area contributed by atoms with Crippen molar-refractivity contribution in [1.82, 2.24) is 10.6 Å². The summed E-state index contributed by atoms with van der Waals surface area (Å²) in [7, 11) is -2.96. The van der Waals surface area contributed by atoms with E-state index < -0.39 is 9.84 Å². The zero-order valence-electron chi connectivity index (χ0n) is 14.7. The van der Waals surface area contributed by atoms with Gasteiger partial charge in [0.25, 0.3) is 0 Å². The Labute approximate surface area is 175 Å². The number of aliphatic imine (C=N–C) groups is 1. The molecule has 0 spiro atoms. The molecule has 0 aliphatic carbocycles. The van der Waals surface area contributed by atoms with E-state index in [4.69, 9.17) is 0 Å². The average molecular weight is 550 g/mol. The van der Waals surface area contributed by atoms with Crippen LogP contribution in [0.15, 0.2) is 27.7 Å². The number of rotatable bonds is 8. The summed E-state index contributed by atoms with van der Waals surface area (Å²) < 4.78 is 36.1. The van der Waals surface area contributed by atoms with Crippen LogP contribution in [0.4, 0.5) is 4.39 Å². The van der Waals surface area contributed by atoms with Gasteiger partial charge in [-0.15, -0.1) is 24.0 Å². The number of nitrogens with zero attached hydrogens (tertiary/aromatic N) is 1. The first kappa shape index (κ1) is 24.6. The third-order valence-corrected chi connectivity index (χ3v) is 4.89. The van der Waals surface area contributed by atoms with E-state index in [1.54, 1.807) is 12.1 Å².